The van der Waals surface area contributed by atoms with Gasteiger partial charge in [0.05, 0.1) is 7.11 Å². The van der Waals surface area contributed by atoms with Crippen molar-refractivity contribution in [1.29, 1.82) is 0 Å². The Bertz CT molecular complexity index is 1230. The van der Waals surface area contributed by atoms with Gasteiger partial charge in [-0.15, -0.1) is 0 Å². The van der Waals surface area contributed by atoms with Crippen LogP contribution in [-0.4, -0.2) is 54.8 Å². The standard InChI is InChI=1S/C33H41FN2O3/c1-38-29-13-14-31(37)28(22-29)24-35-18-16-33(17-19-35)15-7-6-9-26-8-3-5-12-32(26)39-21-20-36(25-33)23-27-10-2-4-11-30(27)34/h2-5,8,10-14,22,37H,6-7,9,15-21,23-25H2,1H3. The third kappa shape index (κ3) is 7.11. The van der Waals surface area contributed by atoms with Gasteiger partial charge < -0.3 is 14.6 Å². The van der Waals surface area contributed by atoms with E-state index in [2.05, 4.69) is 28.0 Å². The Morgan fingerprint density at radius 2 is 1.64 bits per heavy atom. The summed E-state index contributed by atoms with van der Waals surface area (Å²) < 4.78 is 26.3. The number of benzene rings is 3. The van der Waals surface area contributed by atoms with Crippen molar-refractivity contribution in [2.45, 2.75) is 51.6 Å². The van der Waals surface area contributed by atoms with E-state index in [-0.39, 0.29) is 11.2 Å². The lowest BCUT2D eigenvalue weighted by Crippen LogP contribution is -2.47. The molecule has 1 spiro atoms. The number of nitrogens with zero attached hydrogens (tertiary/aromatic N) is 2. The Balaban J connectivity index is 1.32. The molecule has 0 amide bonds. The van der Waals surface area contributed by atoms with E-state index in [1.165, 1.54) is 18.4 Å². The summed E-state index contributed by atoms with van der Waals surface area (Å²) in [5, 5.41) is 10.4. The predicted molar refractivity (Wildman–Crippen MR) is 153 cm³/mol. The Kier molecular flexibility index (Phi) is 9.05. The van der Waals surface area contributed by atoms with Crippen LogP contribution < -0.4 is 9.47 Å². The van der Waals surface area contributed by atoms with Crippen molar-refractivity contribution < 1.29 is 19.0 Å². The van der Waals surface area contributed by atoms with Crippen LogP contribution in [0.5, 0.6) is 17.2 Å². The number of rotatable bonds is 5. The lowest BCUT2D eigenvalue weighted by Gasteiger charge is -2.45. The number of para-hydroxylation sites is 1. The molecular formula is C33H41FN2O3. The van der Waals surface area contributed by atoms with Gasteiger partial charge in [0.2, 0.25) is 0 Å². The molecule has 5 nitrogen and oxygen atoms in total. The van der Waals surface area contributed by atoms with Crippen LogP contribution in [0, 0.1) is 11.2 Å². The second-order valence-corrected chi connectivity index (χ2v) is 11.2. The van der Waals surface area contributed by atoms with Gasteiger partial charge in [-0.2, -0.15) is 0 Å². The van der Waals surface area contributed by atoms with Gasteiger partial charge in [-0.05, 0) is 86.5 Å². The van der Waals surface area contributed by atoms with Crippen LogP contribution in [0.3, 0.4) is 0 Å². The van der Waals surface area contributed by atoms with Gasteiger partial charge in [0, 0.05) is 37.3 Å². The summed E-state index contributed by atoms with van der Waals surface area (Å²) in [6, 6.07) is 21.0. The molecule has 0 unspecified atom stereocenters. The molecule has 0 atom stereocenters. The minimum absolute atomic E-state index is 0.142. The first-order chi connectivity index (χ1) is 19.0. The lowest BCUT2D eigenvalue weighted by atomic mass is 9.73. The van der Waals surface area contributed by atoms with Crippen molar-refractivity contribution in [2.75, 3.05) is 39.9 Å². The first-order valence-corrected chi connectivity index (χ1v) is 14.3. The average Bonchev–Trinajstić information content (AvgIpc) is 2.95. The van der Waals surface area contributed by atoms with Crippen molar-refractivity contribution in [3.63, 3.8) is 0 Å². The fourth-order valence-corrected chi connectivity index (χ4v) is 6.24. The molecule has 2 aliphatic heterocycles. The lowest BCUT2D eigenvalue weighted by molar-refractivity contribution is 0.0404. The molecule has 0 radical (unpaired) electrons. The van der Waals surface area contributed by atoms with E-state index >= 15 is 0 Å². The highest BCUT2D eigenvalue weighted by atomic mass is 19.1. The highest BCUT2D eigenvalue weighted by Crippen LogP contribution is 2.39. The highest BCUT2D eigenvalue weighted by Gasteiger charge is 2.36. The number of methoxy groups -OCH3 is 1. The molecule has 3 aromatic rings. The normalized spacial score (nSPS) is 18.9. The zero-order valence-corrected chi connectivity index (χ0v) is 23.1. The molecule has 2 heterocycles. The maximum Gasteiger partial charge on any atom is 0.127 e. The summed E-state index contributed by atoms with van der Waals surface area (Å²) in [6.07, 6.45) is 6.68. The van der Waals surface area contributed by atoms with Crippen LogP contribution in [0.25, 0.3) is 0 Å². The molecular weight excluding hydrogens is 491 g/mol. The van der Waals surface area contributed by atoms with E-state index in [0.29, 0.717) is 25.4 Å². The molecule has 1 N–H and O–H groups in total. The molecule has 208 valence electrons. The number of phenolic OH excluding ortho intramolecular Hbond substituents is 1. The molecule has 2 aliphatic rings. The Labute approximate surface area is 232 Å². The number of piperidine rings is 1. The molecule has 0 saturated carbocycles. The summed E-state index contributed by atoms with van der Waals surface area (Å²) >= 11 is 0. The van der Waals surface area contributed by atoms with E-state index in [0.717, 1.165) is 74.5 Å². The van der Waals surface area contributed by atoms with Crippen LogP contribution in [-0.2, 0) is 19.5 Å². The molecule has 0 aromatic heterocycles. The van der Waals surface area contributed by atoms with Crippen LogP contribution in [0.2, 0.25) is 0 Å². The second kappa shape index (κ2) is 12.8. The number of aromatic hydroxyl groups is 1. The molecule has 39 heavy (non-hydrogen) atoms. The van der Waals surface area contributed by atoms with Gasteiger partial charge >= 0.3 is 0 Å². The fraction of sp³-hybridized carbons (Fsp3) is 0.455. The minimum atomic E-state index is -0.142. The smallest absolute Gasteiger partial charge is 0.127 e. The Morgan fingerprint density at radius 1 is 0.872 bits per heavy atom. The maximum atomic E-state index is 14.7. The number of ether oxygens (including phenoxy) is 2. The largest absolute Gasteiger partial charge is 0.508 e. The fourth-order valence-electron chi connectivity index (χ4n) is 6.24. The Hall–Kier alpha value is -3.09. The molecule has 0 bridgehead atoms. The van der Waals surface area contributed by atoms with E-state index in [4.69, 9.17) is 9.47 Å². The summed E-state index contributed by atoms with van der Waals surface area (Å²) in [7, 11) is 1.65. The third-order valence-corrected chi connectivity index (χ3v) is 8.55. The van der Waals surface area contributed by atoms with Crippen molar-refractivity contribution in [3.05, 3.63) is 89.2 Å². The minimum Gasteiger partial charge on any atom is -0.508 e. The second-order valence-electron chi connectivity index (χ2n) is 11.2. The van der Waals surface area contributed by atoms with Crippen molar-refractivity contribution >= 4 is 0 Å². The van der Waals surface area contributed by atoms with Crippen LogP contribution in [0.15, 0.2) is 66.7 Å². The average molecular weight is 533 g/mol. The third-order valence-electron chi connectivity index (χ3n) is 8.55. The number of hydrogen-bond donors (Lipinski definition) is 1. The molecule has 3 aromatic carbocycles. The monoisotopic (exact) mass is 532 g/mol. The molecule has 1 saturated heterocycles. The van der Waals surface area contributed by atoms with Gasteiger partial charge in [0.1, 0.15) is 29.7 Å². The summed E-state index contributed by atoms with van der Waals surface area (Å²) in [4.78, 5) is 4.85. The van der Waals surface area contributed by atoms with E-state index in [9.17, 15) is 9.50 Å². The van der Waals surface area contributed by atoms with Crippen molar-refractivity contribution in [1.82, 2.24) is 9.80 Å². The topological polar surface area (TPSA) is 45.2 Å². The first kappa shape index (κ1) is 27.5. The van der Waals surface area contributed by atoms with E-state index in [1.807, 2.05) is 24.3 Å². The summed E-state index contributed by atoms with van der Waals surface area (Å²) in [5.74, 6) is 1.92. The van der Waals surface area contributed by atoms with Crippen molar-refractivity contribution in [2.24, 2.45) is 5.41 Å². The first-order valence-electron chi connectivity index (χ1n) is 14.3. The van der Waals surface area contributed by atoms with E-state index in [1.54, 1.807) is 31.4 Å². The quantitative estimate of drug-likeness (QED) is 0.410. The van der Waals surface area contributed by atoms with Gasteiger partial charge in [-0.25, -0.2) is 4.39 Å². The number of likely N-dealkylation sites (tertiary alicyclic amines) is 1. The predicted octanol–water partition coefficient (Wildman–Crippen LogP) is 6.43. The van der Waals surface area contributed by atoms with E-state index < -0.39 is 0 Å². The van der Waals surface area contributed by atoms with Crippen LogP contribution in [0.1, 0.15) is 48.8 Å². The zero-order chi connectivity index (χ0) is 27.1. The number of hydrogen-bond acceptors (Lipinski definition) is 5. The molecule has 6 heteroatoms. The number of phenols is 1. The SMILES string of the molecule is COc1ccc(O)c(CN2CCC3(CCCCc4ccccc4OCCN(Cc4ccccc4F)C3)CC2)c1. The molecule has 1 fully saturated rings. The van der Waals surface area contributed by atoms with Gasteiger partial charge in [-0.1, -0.05) is 42.8 Å². The van der Waals surface area contributed by atoms with Gasteiger partial charge in [0.15, 0.2) is 0 Å². The number of aryl methyl sites for hydroxylation is 1. The Morgan fingerprint density at radius 3 is 2.46 bits per heavy atom. The van der Waals surface area contributed by atoms with Crippen LogP contribution >= 0.6 is 0 Å². The van der Waals surface area contributed by atoms with Crippen LogP contribution in [0.4, 0.5) is 4.39 Å². The van der Waals surface area contributed by atoms with Gasteiger partial charge in [-0.3, -0.25) is 9.80 Å². The number of fused-ring (bicyclic) bond motifs is 1. The van der Waals surface area contributed by atoms with Crippen molar-refractivity contribution in [3.8, 4) is 17.2 Å². The molecule has 0 aliphatic carbocycles. The summed E-state index contributed by atoms with van der Waals surface area (Å²) in [5.41, 5.74) is 3.10. The summed E-state index contributed by atoms with van der Waals surface area (Å²) in [6.45, 7) is 5.52. The number of halogens is 1. The zero-order valence-electron chi connectivity index (χ0n) is 23.1. The highest BCUT2D eigenvalue weighted by molar-refractivity contribution is 5.39. The molecule has 5 rings (SSSR count). The maximum absolute atomic E-state index is 14.7. The van der Waals surface area contributed by atoms with Gasteiger partial charge in [0.25, 0.3) is 0 Å².